The Balaban J connectivity index is 4.35. The third-order valence-corrected chi connectivity index (χ3v) is 1.74. The molecule has 0 spiro atoms. The topological polar surface area (TPSA) is 46.3 Å². The summed E-state index contributed by atoms with van der Waals surface area (Å²) in [7, 11) is 0. The Bertz CT molecular complexity index is 249. The highest BCUT2D eigenvalue weighted by Crippen LogP contribution is 2.23. The van der Waals surface area contributed by atoms with Crippen molar-refractivity contribution in [2.45, 2.75) is 25.2 Å². The average Bonchev–Trinajstić information content (AvgIpc) is 2.10. The molecule has 0 aromatic carbocycles. The quantitative estimate of drug-likeness (QED) is 0.769. The molecule has 3 nitrogen and oxygen atoms in total. The van der Waals surface area contributed by atoms with Crippen molar-refractivity contribution in [1.82, 2.24) is 4.90 Å². The molecule has 0 aliphatic rings. The monoisotopic (exact) mass is 266 g/mol. The van der Waals surface area contributed by atoms with E-state index in [1.807, 2.05) is 0 Å². The summed E-state index contributed by atoms with van der Waals surface area (Å²) < 4.78 is 71.4. The van der Waals surface area contributed by atoms with Gasteiger partial charge >= 0.3 is 12.4 Å². The van der Waals surface area contributed by atoms with E-state index in [1.54, 1.807) is 0 Å². The number of alkyl halides is 6. The lowest BCUT2D eigenvalue weighted by Crippen LogP contribution is -2.42. The highest BCUT2D eigenvalue weighted by Gasteiger charge is 2.34. The molecule has 0 aliphatic heterocycles. The highest BCUT2D eigenvalue weighted by atomic mass is 19.4. The lowest BCUT2D eigenvalue weighted by atomic mass is 10.2. The summed E-state index contributed by atoms with van der Waals surface area (Å²) in [5.41, 5.74) is 4.98. The van der Waals surface area contributed by atoms with Crippen molar-refractivity contribution in [3.05, 3.63) is 0 Å². The van der Waals surface area contributed by atoms with Crippen molar-refractivity contribution in [2.75, 3.05) is 19.6 Å². The zero-order chi connectivity index (χ0) is 13.7. The highest BCUT2D eigenvalue weighted by molar-refractivity contribution is 5.76. The van der Waals surface area contributed by atoms with E-state index in [0.29, 0.717) is 0 Å². The molecule has 0 aromatic rings. The van der Waals surface area contributed by atoms with E-state index in [2.05, 4.69) is 0 Å². The SMILES string of the molecule is NCCN(CC(F)(F)F)C(=O)CCC(F)(F)F. The summed E-state index contributed by atoms with van der Waals surface area (Å²) in [6.07, 6.45) is -11.7. The third kappa shape index (κ3) is 8.78. The summed E-state index contributed by atoms with van der Waals surface area (Å²) >= 11 is 0. The molecular formula is C8H12F6N2O. The van der Waals surface area contributed by atoms with Gasteiger partial charge in [0.05, 0.1) is 6.42 Å². The van der Waals surface area contributed by atoms with Gasteiger partial charge in [0.1, 0.15) is 6.54 Å². The van der Waals surface area contributed by atoms with Crippen LogP contribution in [0.1, 0.15) is 12.8 Å². The maximum Gasteiger partial charge on any atom is 0.406 e. The molecule has 1 amide bonds. The Morgan fingerprint density at radius 1 is 1.06 bits per heavy atom. The second-order valence-corrected chi connectivity index (χ2v) is 3.33. The van der Waals surface area contributed by atoms with Crippen molar-refractivity contribution in [2.24, 2.45) is 5.73 Å². The van der Waals surface area contributed by atoms with Crippen LogP contribution in [-0.2, 0) is 4.79 Å². The minimum Gasteiger partial charge on any atom is -0.332 e. The molecular weight excluding hydrogens is 254 g/mol. The van der Waals surface area contributed by atoms with Crippen LogP contribution in [0.4, 0.5) is 26.3 Å². The van der Waals surface area contributed by atoms with E-state index < -0.39 is 44.2 Å². The number of hydrogen-bond acceptors (Lipinski definition) is 2. The fourth-order valence-corrected chi connectivity index (χ4v) is 1.07. The first-order chi connectivity index (χ1) is 7.55. The second-order valence-electron chi connectivity index (χ2n) is 3.33. The number of amides is 1. The predicted octanol–water partition coefficient (Wildman–Crippen LogP) is 1.68. The summed E-state index contributed by atoms with van der Waals surface area (Å²) in [4.78, 5) is 11.4. The number of nitrogens with zero attached hydrogens (tertiary/aromatic N) is 1. The molecule has 0 saturated carbocycles. The number of carbonyl (C=O) groups is 1. The van der Waals surface area contributed by atoms with Crippen LogP contribution in [0.5, 0.6) is 0 Å². The molecule has 0 fully saturated rings. The zero-order valence-electron chi connectivity index (χ0n) is 8.74. The fourth-order valence-electron chi connectivity index (χ4n) is 1.07. The van der Waals surface area contributed by atoms with Gasteiger partial charge in [-0.2, -0.15) is 26.3 Å². The molecule has 0 atom stereocenters. The summed E-state index contributed by atoms with van der Waals surface area (Å²) in [5, 5.41) is 0. The molecule has 0 rings (SSSR count). The van der Waals surface area contributed by atoms with Gasteiger partial charge in [0, 0.05) is 19.5 Å². The molecule has 17 heavy (non-hydrogen) atoms. The van der Waals surface area contributed by atoms with Crippen LogP contribution in [0.3, 0.4) is 0 Å². The van der Waals surface area contributed by atoms with Gasteiger partial charge in [-0.15, -0.1) is 0 Å². The number of halogens is 6. The van der Waals surface area contributed by atoms with Crippen LogP contribution < -0.4 is 5.73 Å². The minimum absolute atomic E-state index is 0.242. The van der Waals surface area contributed by atoms with E-state index in [4.69, 9.17) is 5.73 Å². The number of rotatable bonds is 5. The van der Waals surface area contributed by atoms with Crippen LogP contribution in [-0.4, -0.2) is 42.8 Å². The van der Waals surface area contributed by atoms with Crippen LogP contribution >= 0.6 is 0 Å². The summed E-state index contributed by atoms with van der Waals surface area (Å²) in [5.74, 6) is -1.20. The van der Waals surface area contributed by atoms with Gasteiger partial charge in [-0.05, 0) is 0 Å². The first-order valence-electron chi connectivity index (χ1n) is 4.66. The smallest absolute Gasteiger partial charge is 0.332 e. The zero-order valence-corrected chi connectivity index (χ0v) is 8.74. The van der Waals surface area contributed by atoms with Crippen LogP contribution in [0.2, 0.25) is 0 Å². The standard InChI is InChI=1S/C8H12F6N2O/c9-7(10,11)2-1-6(17)16(4-3-15)5-8(12,13)14/h1-5,15H2. The second kappa shape index (κ2) is 6.08. The van der Waals surface area contributed by atoms with Gasteiger partial charge in [0.15, 0.2) is 0 Å². The number of nitrogens with two attached hydrogens (primary N) is 1. The van der Waals surface area contributed by atoms with Gasteiger partial charge < -0.3 is 10.6 Å². The molecule has 102 valence electrons. The normalized spacial score (nSPS) is 12.6. The molecule has 2 N–H and O–H groups in total. The van der Waals surface area contributed by atoms with E-state index in [-0.39, 0.29) is 11.4 Å². The Labute approximate surface area is 93.5 Å². The van der Waals surface area contributed by atoms with Gasteiger partial charge in [-0.3, -0.25) is 4.79 Å². The van der Waals surface area contributed by atoms with Crippen LogP contribution in [0.15, 0.2) is 0 Å². The fraction of sp³-hybridized carbons (Fsp3) is 0.875. The summed E-state index contributed by atoms with van der Waals surface area (Å²) in [6, 6.07) is 0. The average molecular weight is 266 g/mol. The van der Waals surface area contributed by atoms with Crippen molar-refractivity contribution < 1.29 is 31.1 Å². The Morgan fingerprint density at radius 3 is 1.94 bits per heavy atom. The molecule has 0 unspecified atom stereocenters. The number of hydrogen-bond donors (Lipinski definition) is 1. The van der Waals surface area contributed by atoms with Gasteiger partial charge in [-0.1, -0.05) is 0 Å². The van der Waals surface area contributed by atoms with Crippen molar-refractivity contribution in [3.63, 3.8) is 0 Å². The van der Waals surface area contributed by atoms with Crippen molar-refractivity contribution in [1.29, 1.82) is 0 Å². The van der Waals surface area contributed by atoms with Crippen LogP contribution in [0.25, 0.3) is 0 Å². The predicted molar refractivity (Wildman–Crippen MR) is 47.0 cm³/mol. The molecule has 0 aliphatic carbocycles. The maximum absolute atomic E-state index is 12.0. The molecule has 0 bridgehead atoms. The van der Waals surface area contributed by atoms with E-state index in [0.717, 1.165) is 0 Å². The first-order valence-corrected chi connectivity index (χ1v) is 4.66. The van der Waals surface area contributed by atoms with Crippen molar-refractivity contribution in [3.8, 4) is 0 Å². The van der Waals surface area contributed by atoms with Gasteiger partial charge in [0.25, 0.3) is 0 Å². The molecule has 0 saturated heterocycles. The molecule has 9 heteroatoms. The van der Waals surface area contributed by atoms with Crippen molar-refractivity contribution >= 4 is 5.91 Å². The minimum atomic E-state index is -4.65. The Morgan fingerprint density at radius 2 is 1.59 bits per heavy atom. The van der Waals surface area contributed by atoms with Crippen LogP contribution in [0, 0.1) is 0 Å². The summed E-state index contributed by atoms with van der Waals surface area (Å²) in [6.45, 7) is -2.25. The number of carbonyl (C=O) groups excluding carboxylic acids is 1. The Kier molecular flexibility index (Phi) is 5.73. The molecule has 0 heterocycles. The third-order valence-electron chi connectivity index (χ3n) is 1.74. The lowest BCUT2D eigenvalue weighted by Gasteiger charge is -2.23. The largest absolute Gasteiger partial charge is 0.406 e. The van der Waals surface area contributed by atoms with E-state index >= 15 is 0 Å². The first kappa shape index (κ1) is 16.0. The van der Waals surface area contributed by atoms with Gasteiger partial charge in [-0.25, -0.2) is 0 Å². The van der Waals surface area contributed by atoms with E-state index in [9.17, 15) is 31.1 Å². The lowest BCUT2D eigenvalue weighted by molar-refractivity contribution is -0.165. The molecule has 0 radical (unpaired) electrons. The van der Waals surface area contributed by atoms with Gasteiger partial charge in [0.2, 0.25) is 5.91 Å². The maximum atomic E-state index is 12.0. The van der Waals surface area contributed by atoms with E-state index in [1.165, 1.54) is 0 Å². The molecule has 0 aromatic heterocycles. The Hall–Kier alpha value is -0.990.